The molecule has 2 fully saturated rings. The van der Waals surface area contributed by atoms with Crippen molar-refractivity contribution < 1.29 is 26.7 Å². The van der Waals surface area contributed by atoms with Gasteiger partial charge in [-0.2, -0.15) is 18.4 Å². The summed E-state index contributed by atoms with van der Waals surface area (Å²) in [6.07, 6.45) is -4.13. The zero-order chi connectivity index (χ0) is 17.0. The zero-order valence-electron chi connectivity index (χ0n) is 12.0. The summed E-state index contributed by atoms with van der Waals surface area (Å²) in [5.41, 5.74) is -2.86. The molecule has 2 heterocycles. The second kappa shape index (κ2) is 4.95. The lowest BCUT2D eigenvalue weighted by atomic mass is 9.82. The molecule has 0 spiro atoms. The van der Waals surface area contributed by atoms with Crippen LogP contribution in [0.3, 0.4) is 0 Å². The molecule has 1 aromatic carbocycles. The lowest BCUT2D eigenvalue weighted by Crippen LogP contribution is -2.43. The summed E-state index contributed by atoms with van der Waals surface area (Å²) in [6.45, 7) is 0. The molecule has 0 aliphatic carbocycles. The number of hydrogen-bond acceptors (Lipinski definition) is 4. The maximum Gasteiger partial charge on any atom is 0.416 e. The first kappa shape index (κ1) is 16.3. The Morgan fingerprint density at radius 1 is 1.22 bits per heavy atom. The molecule has 0 amide bonds. The van der Waals surface area contributed by atoms with Crippen molar-refractivity contribution in [3.63, 3.8) is 0 Å². The molecule has 23 heavy (non-hydrogen) atoms. The first-order valence-corrected chi connectivity index (χ1v) is 8.76. The number of benzene rings is 1. The molecule has 2 saturated heterocycles. The molecule has 2 unspecified atom stereocenters. The number of alkyl halides is 3. The summed E-state index contributed by atoms with van der Waals surface area (Å²) in [4.78, 5) is 0. The maximum atomic E-state index is 12.9. The monoisotopic (exact) mass is 345 g/mol. The van der Waals surface area contributed by atoms with Crippen LogP contribution in [0.5, 0.6) is 0 Å². The van der Waals surface area contributed by atoms with E-state index in [9.17, 15) is 26.7 Å². The molecule has 0 radical (unpaired) electrons. The van der Waals surface area contributed by atoms with E-state index >= 15 is 0 Å². The molecule has 1 aromatic rings. The molecule has 1 N–H and O–H groups in total. The largest absolute Gasteiger partial charge is 0.416 e. The number of aliphatic hydroxyl groups is 1. The van der Waals surface area contributed by atoms with Crippen molar-refractivity contribution in [2.75, 3.05) is 0 Å². The Bertz CT molecular complexity index is 775. The third kappa shape index (κ3) is 2.52. The van der Waals surface area contributed by atoms with Crippen molar-refractivity contribution >= 4 is 9.84 Å². The number of halogens is 3. The Kier molecular flexibility index (Phi) is 3.50. The molecule has 124 valence electrons. The van der Waals surface area contributed by atoms with E-state index in [1.54, 1.807) is 6.07 Å². The van der Waals surface area contributed by atoms with E-state index in [1.807, 2.05) is 0 Å². The van der Waals surface area contributed by atoms with Gasteiger partial charge in [0.15, 0.2) is 9.84 Å². The van der Waals surface area contributed by atoms with Crippen molar-refractivity contribution in [2.45, 2.75) is 48.0 Å². The molecule has 4 nitrogen and oxygen atoms in total. The lowest BCUT2D eigenvalue weighted by molar-refractivity contribution is -0.137. The molecule has 0 aromatic heterocycles. The van der Waals surface area contributed by atoms with Crippen LogP contribution < -0.4 is 0 Å². The molecule has 2 aliphatic rings. The van der Waals surface area contributed by atoms with Gasteiger partial charge in [0, 0.05) is 5.56 Å². The smallest absolute Gasteiger partial charge is 0.385 e. The minimum absolute atomic E-state index is 0.0563. The number of sulfone groups is 1. The fourth-order valence-corrected chi connectivity index (χ4v) is 6.16. The molecule has 2 aliphatic heterocycles. The van der Waals surface area contributed by atoms with E-state index in [2.05, 4.69) is 0 Å². The molecule has 3 rings (SSSR count). The highest BCUT2D eigenvalue weighted by molar-refractivity contribution is 7.93. The van der Waals surface area contributed by atoms with Gasteiger partial charge in [-0.1, -0.05) is 0 Å². The Morgan fingerprint density at radius 3 is 2.26 bits per heavy atom. The average Bonchev–Trinajstić information content (AvgIpc) is 2.65. The Balaban J connectivity index is 2.10. The Labute approximate surface area is 131 Å². The normalized spacial score (nSPS) is 32.5. The molecule has 2 bridgehead atoms. The van der Waals surface area contributed by atoms with Crippen LogP contribution in [0.4, 0.5) is 13.2 Å². The number of nitriles is 1. The summed E-state index contributed by atoms with van der Waals surface area (Å²) < 4.78 is 63.0. The van der Waals surface area contributed by atoms with Crippen LogP contribution in [-0.4, -0.2) is 24.0 Å². The second-order valence-electron chi connectivity index (χ2n) is 6.22. The summed E-state index contributed by atoms with van der Waals surface area (Å²) in [5.74, 6) is 0. The highest BCUT2D eigenvalue weighted by Gasteiger charge is 2.54. The summed E-state index contributed by atoms with van der Waals surface area (Å²) in [6, 6.07) is 4.38. The van der Waals surface area contributed by atoms with E-state index < -0.39 is 37.7 Å². The van der Waals surface area contributed by atoms with Gasteiger partial charge in [0.05, 0.1) is 33.3 Å². The SMILES string of the molecule is N#Cc1ccc(C(F)(F)F)cc1C1(O)CC2CCC(C1)S2(=O)=O. The van der Waals surface area contributed by atoms with Crippen molar-refractivity contribution in [3.8, 4) is 6.07 Å². The highest BCUT2D eigenvalue weighted by atomic mass is 32.2. The topological polar surface area (TPSA) is 78.2 Å². The predicted molar refractivity (Wildman–Crippen MR) is 75.0 cm³/mol. The Hall–Kier alpha value is -1.59. The molecular weight excluding hydrogens is 331 g/mol. The summed E-state index contributed by atoms with van der Waals surface area (Å²) in [5, 5.41) is 18.5. The minimum Gasteiger partial charge on any atom is -0.385 e. The van der Waals surface area contributed by atoms with Crippen LogP contribution in [0.1, 0.15) is 42.4 Å². The van der Waals surface area contributed by atoms with Gasteiger partial charge in [-0.15, -0.1) is 0 Å². The van der Waals surface area contributed by atoms with E-state index in [1.165, 1.54) is 0 Å². The summed E-state index contributed by atoms with van der Waals surface area (Å²) in [7, 11) is -3.33. The Morgan fingerprint density at radius 2 is 1.78 bits per heavy atom. The quantitative estimate of drug-likeness (QED) is 0.848. The average molecular weight is 345 g/mol. The van der Waals surface area contributed by atoms with Crippen LogP contribution in [0.2, 0.25) is 0 Å². The first-order chi connectivity index (χ1) is 10.6. The minimum atomic E-state index is -4.60. The van der Waals surface area contributed by atoms with Gasteiger partial charge in [-0.25, -0.2) is 8.42 Å². The fourth-order valence-electron chi connectivity index (χ4n) is 3.67. The molecular formula is C15H14F3NO3S. The van der Waals surface area contributed by atoms with Gasteiger partial charge in [0.2, 0.25) is 0 Å². The van der Waals surface area contributed by atoms with Crippen molar-refractivity contribution in [1.82, 2.24) is 0 Å². The standard InChI is InChI=1S/C15H14F3NO3S/c16-15(17,18)10-2-1-9(8-19)13(5-10)14(20)6-11-3-4-12(7-14)23(11,21)22/h1-2,5,11-12,20H,3-4,6-7H2. The van der Waals surface area contributed by atoms with Gasteiger partial charge in [0.1, 0.15) is 0 Å². The van der Waals surface area contributed by atoms with E-state index in [0.717, 1.165) is 18.2 Å². The van der Waals surface area contributed by atoms with Gasteiger partial charge in [-0.05, 0) is 43.9 Å². The zero-order valence-corrected chi connectivity index (χ0v) is 12.8. The van der Waals surface area contributed by atoms with Crippen LogP contribution >= 0.6 is 0 Å². The van der Waals surface area contributed by atoms with Crippen molar-refractivity contribution in [3.05, 3.63) is 34.9 Å². The van der Waals surface area contributed by atoms with Gasteiger partial charge in [0.25, 0.3) is 0 Å². The number of rotatable bonds is 1. The molecule has 2 atom stereocenters. The van der Waals surface area contributed by atoms with Crippen LogP contribution in [0.25, 0.3) is 0 Å². The lowest BCUT2D eigenvalue weighted by Gasteiger charge is -2.37. The third-order valence-electron chi connectivity index (χ3n) is 4.84. The van der Waals surface area contributed by atoms with E-state index in [0.29, 0.717) is 12.8 Å². The van der Waals surface area contributed by atoms with Gasteiger partial charge >= 0.3 is 6.18 Å². The van der Waals surface area contributed by atoms with E-state index in [-0.39, 0.29) is 24.0 Å². The van der Waals surface area contributed by atoms with Crippen molar-refractivity contribution in [1.29, 1.82) is 5.26 Å². The third-order valence-corrected chi connectivity index (χ3v) is 7.50. The predicted octanol–water partition coefficient (Wildman–Crippen LogP) is 2.50. The van der Waals surface area contributed by atoms with Gasteiger partial charge < -0.3 is 5.11 Å². The van der Waals surface area contributed by atoms with Gasteiger partial charge in [-0.3, -0.25) is 0 Å². The first-order valence-electron chi connectivity index (χ1n) is 7.15. The maximum absolute atomic E-state index is 12.9. The number of nitrogens with zero attached hydrogens (tertiary/aromatic N) is 1. The number of hydrogen-bond donors (Lipinski definition) is 1. The molecule has 8 heteroatoms. The highest BCUT2D eigenvalue weighted by Crippen LogP contribution is 2.48. The summed E-state index contributed by atoms with van der Waals surface area (Å²) >= 11 is 0. The van der Waals surface area contributed by atoms with Crippen LogP contribution in [-0.2, 0) is 21.6 Å². The number of fused-ring (bicyclic) bond motifs is 2. The van der Waals surface area contributed by atoms with Crippen LogP contribution in [0, 0.1) is 11.3 Å². The van der Waals surface area contributed by atoms with Crippen molar-refractivity contribution in [2.24, 2.45) is 0 Å². The fraction of sp³-hybridized carbons (Fsp3) is 0.533. The van der Waals surface area contributed by atoms with Crippen LogP contribution in [0.15, 0.2) is 18.2 Å². The van der Waals surface area contributed by atoms with E-state index in [4.69, 9.17) is 5.26 Å². The second-order valence-corrected chi connectivity index (χ2v) is 8.73. The molecule has 0 saturated carbocycles.